The van der Waals surface area contributed by atoms with Crippen molar-refractivity contribution in [3.8, 4) is 5.69 Å². The lowest BCUT2D eigenvalue weighted by Crippen LogP contribution is -2.16. The van der Waals surface area contributed by atoms with Gasteiger partial charge in [0.05, 0.1) is 12.1 Å². The minimum absolute atomic E-state index is 0.0393. The van der Waals surface area contributed by atoms with E-state index in [0.29, 0.717) is 5.92 Å². The molecule has 0 aliphatic heterocycles. The van der Waals surface area contributed by atoms with Gasteiger partial charge in [-0.3, -0.25) is 9.36 Å². The monoisotopic (exact) mass is 286 g/mol. The van der Waals surface area contributed by atoms with E-state index in [4.69, 9.17) is 5.11 Å². The molecule has 1 atom stereocenters. The second-order valence-corrected chi connectivity index (χ2v) is 5.71. The van der Waals surface area contributed by atoms with Crippen LogP contribution in [0.2, 0.25) is 0 Å². The molecule has 0 radical (unpaired) electrons. The zero-order valence-electron chi connectivity index (χ0n) is 11.9. The first-order chi connectivity index (χ1) is 10.1. The first-order valence-electron chi connectivity index (χ1n) is 7.15. The van der Waals surface area contributed by atoms with Crippen molar-refractivity contribution in [3.63, 3.8) is 0 Å². The van der Waals surface area contributed by atoms with Gasteiger partial charge in [-0.2, -0.15) is 0 Å². The van der Waals surface area contributed by atoms with Crippen molar-refractivity contribution in [2.24, 2.45) is 5.92 Å². The first kappa shape index (κ1) is 13.7. The molecule has 1 aromatic heterocycles. The van der Waals surface area contributed by atoms with Crippen LogP contribution in [-0.2, 0) is 4.79 Å². The van der Waals surface area contributed by atoms with Crippen LogP contribution >= 0.6 is 0 Å². The molecule has 110 valence electrons. The minimum Gasteiger partial charge on any atom is -0.481 e. The molecular weight excluding hydrogens is 268 g/mol. The topological polar surface area (TPSA) is 75.1 Å². The molecular formula is C16H18N2O3. The average Bonchev–Trinajstić information content (AvgIpc) is 3.22. The van der Waals surface area contributed by atoms with Gasteiger partial charge in [0, 0.05) is 11.9 Å². The van der Waals surface area contributed by atoms with E-state index in [-0.39, 0.29) is 18.0 Å². The predicted molar refractivity (Wildman–Crippen MR) is 78.8 cm³/mol. The fourth-order valence-electron chi connectivity index (χ4n) is 2.91. The van der Waals surface area contributed by atoms with E-state index in [1.165, 1.54) is 0 Å². The summed E-state index contributed by atoms with van der Waals surface area (Å²) in [6.07, 6.45) is 4.00. The van der Waals surface area contributed by atoms with Crippen molar-refractivity contribution in [3.05, 3.63) is 52.2 Å². The number of benzene rings is 1. The quantitative estimate of drug-likeness (QED) is 0.886. The fraction of sp³-hybridized carbons (Fsp3) is 0.375. The van der Waals surface area contributed by atoms with E-state index in [2.05, 4.69) is 4.98 Å². The van der Waals surface area contributed by atoms with Crippen molar-refractivity contribution < 1.29 is 9.90 Å². The molecule has 1 aliphatic carbocycles. The van der Waals surface area contributed by atoms with E-state index in [0.717, 1.165) is 29.8 Å². The molecule has 2 N–H and O–H groups in total. The summed E-state index contributed by atoms with van der Waals surface area (Å²) < 4.78 is 1.61. The molecule has 0 amide bonds. The molecule has 0 bridgehead atoms. The summed E-state index contributed by atoms with van der Waals surface area (Å²) in [5.74, 6) is -0.273. The van der Waals surface area contributed by atoms with Crippen LogP contribution < -0.4 is 5.69 Å². The number of aromatic amines is 1. The number of H-pyrrole nitrogens is 1. The van der Waals surface area contributed by atoms with E-state index in [1.54, 1.807) is 10.8 Å². The number of aryl methyl sites for hydroxylation is 1. The Morgan fingerprint density at radius 2 is 2.24 bits per heavy atom. The Morgan fingerprint density at radius 1 is 1.48 bits per heavy atom. The van der Waals surface area contributed by atoms with Crippen LogP contribution in [0.3, 0.4) is 0 Å². The fourth-order valence-corrected chi connectivity index (χ4v) is 2.91. The molecule has 1 heterocycles. The van der Waals surface area contributed by atoms with Gasteiger partial charge in [0.2, 0.25) is 0 Å². The van der Waals surface area contributed by atoms with Crippen molar-refractivity contribution in [1.82, 2.24) is 9.55 Å². The highest BCUT2D eigenvalue weighted by Crippen LogP contribution is 2.44. The first-order valence-corrected chi connectivity index (χ1v) is 7.15. The zero-order chi connectivity index (χ0) is 15.0. The number of nitrogens with zero attached hydrogens (tertiary/aromatic N) is 1. The number of nitrogens with one attached hydrogen (secondary N) is 1. The van der Waals surface area contributed by atoms with Gasteiger partial charge in [-0.15, -0.1) is 0 Å². The molecule has 1 unspecified atom stereocenters. The number of rotatable bonds is 5. The summed E-state index contributed by atoms with van der Waals surface area (Å²) in [4.78, 5) is 25.6. The van der Waals surface area contributed by atoms with Crippen molar-refractivity contribution in [2.75, 3.05) is 0 Å². The van der Waals surface area contributed by atoms with E-state index < -0.39 is 5.97 Å². The van der Waals surface area contributed by atoms with Gasteiger partial charge < -0.3 is 10.1 Å². The van der Waals surface area contributed by atoms with E-state index in [9.17, 15) is 9.59 Å². The number of aliphatic carboxylic acids is 1. The summed E-state index contributed by atoms with van der Waals surface area (Å²) in [7, 11) is 0. The van der Waals surface area contributed by atoms with Crippen molar-refractivity contribution >= 4 is 5.97 Å². The van der Waals surface area contributed by atoms with Crippen LogP contribution in [-0.4, -0.2) is 20.6 Å². The van der Waals surface area contributed by atoms with Crippen LogP contribution in [0.15, 0.2) is 35.3 Å². The van der Waals surface area contributed by atoms with Crippen molar-refractivity contribution in [1.29, 1.82) is 0 Å². The summed E-state index contributed by atoms with van der Waals surface area (Å²) in [6.45, 7) is 1.86. The molecule has 1 aromatic carbocycles. The number of imidazole rings is 1. The van der Waals surface area contributed by atoms with Gasteiger partial charge >= 0.3 is 11.7 Å². The van der Waals surface area contributed by atoms with E-state index in [1.807, 2.05) is 31.2 Å². The maximum Gasteiger partial charge on any atom is 0.330 e. The smallest absolute Gasteiger partial charge is 0.330 e. The van der Waals surface area contributed by atoms with Gasteiger partial charge in [0.25, 0.3) is 0 Å². The van der Waals surface area contributed by atoms with E-state index >= 15 is 0 Å². The molecule has 1 saturated carbocycles. The maximum atomic E-state index is 11.9. The van der Waals surface area contributed by atoms with Gasteiger partial charge in [0.15, 0.2) is 0 Å². The Hall–Kier alpha value is -2.30. The number of hydrogen-bond donors (Lipinski definition) is 2. The lowest BCUT2D eigenvalue weighted by atomic mass is 9.91. The van der Waals surface area contributed by atoms with Crippen molar-refractivity contribution in [2.45, 2.75) is 32.1 Å². The third kappa shape index (κ3) is 2.77. The molecule has 1 aliphatic rings. The Kier molecular flexibility index (Phi) is 3.41. The predicted octanol–water partition coefficient (Wildman–Crippen LogP) is 2.44. The summed E-state index contributed by atoms with van der Waals surface area (Å²) in [6, 6.07) is 7.66. The molecule has 21 heavy (non-hydrogen) atoms. The van der Waals surface area contributed by atoms with Gasteiger partial charge in [0.1, 0.15) is 0 Å². The molecule has 1 fully saturated rings. The molecule has 0 spiro atoms. The normalized spacial score (nSPS) is 15.9. The average molecular weight is 286 g/mol. The number of hydrogen-bond acceptors (Lipinski definition) is 2. The third-order valence-electron chi connectivity index (χ3n) is 4.10. The largest absolute Gasteiger partial charge is 0.481 e. The Bertz CT molecular complexity index is 725. The molecule has 5 heteroatoms. The number of aromatic nitrogens is 2. The maximum absolute atomic E-state index is 11.9. The summed E-state index contributed by atoms with van der Waals surface area (Å²) >= 11 is 0. The Labute approximate surface area is 122 Å². The lowest BCUT2D eigenvalue weighted by molar-refractivity contribution is -0.137. The lowest BCUT2D eigenvalue weighted by Gasteiger charge is -2.16. The highest BCUT2D eigenvalue weighted by Gasteiger charge is 2.33. The number of carboxylic acid groups (broad SMARTS) is 1. The summed E-state index contributed by atoms with van der Waals surface area (Å²) in [5, 5.41) is 9.10. The number of carbonyl (C=O) groups is 1. The SMILES string of the molecule is Cc1c[nH]c(=O)n1-c1cccc(C(CC(=O)O)C2CC2)c1. The van der Waals surface area contributed by atoms with Gasteiger partial charge in [-0.05, 0) is 49.3 Å². The van der Waals surface area contributed by atoms with Crippen LogP contribution in [0.4, 0.5) is 0 Å². The number of carboxylic acids is 1. The standard InChI is InChI=1S/C16H18N2O3/c1-10-9-17-16(21)18(10)13-4-2-3-12(7-13)14(8-15(19)20)11-5-6-11/h2-4,7,9,11,14H,5-6,8H2,1H3,(H,17,21)(H,19,20). The molecule has 5 nitrogen and oxygen atoms in total. The van der Waals surface area contributed by atoms with Gasteiger partial charge in [-0.1, -0.05) is 12.1 Å². The highest BCUT2D eigenvalue weighted by atomic mass is 16.4. The Balaban J connectivity index is 1.99. The van der Waals surface area contributed by atoms with Crippen LogP contribution in [0.5, 0.6) is 0 Å². The molecule has 2 aromatic rings. The van der Waals surface area contributed by atoms with Gasteiger partial charge in [-0.25, -0.2) is 4.79 Å². The minimum atomic E-state index is -0.771. The van der Waals surface area contributed by atoms with Crippen LogP contribution in [0.25, 0.3) is 5.69 Å². The second-order valence-electron chi connectivity index (χ2n) is 5.71. The Morgan fingerprint density at radius 3 is 2.81 bits per heavy atom. The summed E-state index contributed by atoms with van der Waals surface area (Å²) in [5.41, 5.74) is 2.45. The van der Waals surface area contributed by atoms with Crippen LogP contribution in [0, 0.1) is 12.8 Å². The van der Waals surface area contributed by atoms with Crippen LogP contribution in [0.1, 0.15) is 36.4 Å². The zero-order valence-corrected chi connectivity index (χ0v) is 11.9. The molecule has 3 rings (SSSR count). The highest BCUT2D eigenvalue weighted by molar-refractivity contribution is 5.68. The second kappa shape index (κ2) is 5.24. The molecule has 0 saturated heterocycles. The third-order valence-corrected chi connectivity index (χ3v) is 4.10.